The summed E-state index contributed by atoms with van der Waals surface area (Å²) in [6.07, 6.45) is 8.69. The Labute approximate surface area is 135 Å². The van der Waals surface area contributed by atoms with Crippen molar-refractivity contribution in [2.45, 2.75) is 69.9 Å². The van der Waals surface area contributed by atoms with Crippen molar-refractivity contribution in [2.75, 3.05) is 0 Å². The van der Waals surface area contributed by atoms with Gasteiger partial charge in [-0.2, -0.15) is 0 Å². The summed E-state index contributed by atoms with van der Waals surface area (Å²) in [5, 5.41) is 10.2. The fourth-order valence-electron chi connectivity index (χ4n) is 3.69. The van der Waals surface area contributed by atoms with Crippen molar-refractivity contribution < 1.29 is 14.1 Å². The van der Waals surface area contributed by atoms with E-state index < -0.39 is 0 Å². The van der Waals surface area contributed by atoms with Gasteiger partial charge in [0.05, 0.1) is 0 Å². The number of rotatable bonds is 4. The molecule has 2 saturated carbocycles. The minimum atomic E-state index is -0.129. The van der Waals surface area contributed by atoms with Gasteiger partial charge in [0.2, 0.25) is 5.91 Å². The van der Waals surface area contributed by atoms with Crippen LogP contribution < -0.4 is 10.6 Å². The molecule has 6 heteroatoms. The number of amides is 2. The molecule has 1 aromatic heterocycles. The number of hydrogen-bond acceptors (Lipinski definition) is 4. The Morgan fingerprint density at radius 2 is 1.78 bits per heavy atom. The lowest BCUT2D eigenvalue weighted by molar-refractivity contribution is -0.123. The molecule has 0 bridgehead atoms. The van der Waals surface area contributed by atoms with Crippen molar-refractivity contribution in [2.24, 2.45) is 5.92 Å². The van der Waals surface area contributed by atoms with E-state index in [1.165, 1.54) is 12.8 Å². The number of nitrogens with one attached hydrogen (secondary N) is 2. The summed E-state index contributed by atoms with van der Waals surface area (Å²) in [5.74, 6) is 1.05. The summed E-state index contributed by atoms with van der Waals surface area (Å²) in [4.78, 5) is 24.4. The lowest BCUT2D eigenvalue weighted by Crippen LogP contribution is -2.40. The Bertz CT molecular complexity index is 615. The second kappa shape index (κ2) is 5.98. The molecular weight excluding hydrogens is 294 g/mol. The molecular formula is C17H23N3O3. The molecule has 0 spiro atoms. The highest BCUT2D eigenvalue weighted by molar-refractivity contribution is 5.94. The highest BCUT2D eigenvalue weighted by Crippen LogP contribution is 2.30. The highest BCUT2D eigenvalue weighted by Gasteiger charge is 2.34. The van der Waals surface area contributed by atoms with Crippen LogP contribution in [0.3, 0.4) is 0 Å². The average molecular weight is 317 g/mol. The molecule has 3 aliphatic carbocycles. The van der Waals surface area contributed by atoms with Crippen LogP contribution >= 0.6 is 0 Å². The van der Waals surface area contributed by atoms with Gasteiger partial charge in [0.25, 0.3) is 5.91 Å². The molecule has 23 heavy (non-hydrogen) atoms. The molecule has 0 radical (unpaired) electrons. The van der Waals surface area contributed by atoms with Crippen LogP contribution in [0, 0.1) is 5.92 Å². The van der Waals surface area contributed by atoms with Crippen LogP contribution in [0.5, 0.6) is 0 Å². The van der Waals surface area contributed by atoms with E-state index in [-0.39, 0.29) is 29.8 Å². The Morgan fingerprint density at radius 3 is 2.52 bits per heavy atom. The molecule has 1 unspecified atom stereocenters. The Kier molecular flexibility index (Phi) is 3.83. The maximum absolute atomic E-state index is 12.5. The molecule has 2 amide bonds. The van der Waals surface area contributed by atoms with E-state index in [4.69, 9.17) is 4.52 Å². The molecule has 2 N–H and O–H groups in total. The Morgan fingerprint density at radius 1 is 1.00 bits per heavy atom. The first-order valence-electron chi connectivity index (χ1n) is 8.79. The van der Waals surface area contributed by atoms with Crippen molar-refractivity contribution in [1.82, 2.24) is 15.8 Å². The van der Waals surface area contributed by atoms with Crippen molar-refractivity contribution in [1.29, 1.82) is 0 Å². The van der Waals surface area contributed by atoms with Gasteiger partial charge in [-0.15, -0.1) is 0 Å². The topological polar surface area (TPSA) is 84.2 Å². The smallest absolute Gasteiger partial charge is 0.273 e. The first-order chi connectivity index (χ1) is 11.2. The molecule has 124 valence electrons. The molecule has 4 rings (SSSR count). The number of carbonyl (C=O) groups excluding carboxylic acids is 2. The van der Waals surface area contributed by atoms with Crippen LogP contribution in [0.25, 0.3) is 0 Å². The number of aromatic nitrogens is 1. The first kappa shape index (κ1) is 14.7. The van der Waals surface area contributed by atoms with Gasteiger partial charge >= 0.3 is 0 Å². The van der Waals surface area contributed by atoms with E-state index in [0.29, 0.717) is 12.1 Å². The van der Waals surface area contributed by atoms with Gasteiger partial charge in [-0.25, -0.2) is 0 Å². The van der Waals surface area contributed by atoms with E-state index in [1.807, 2.05) is 0 Å². The molecule has 0 saturated heterocycles. The fourth-order valence-corrected chi connectivity index (χ4v) is 3.69. The zero-order valence-electron chi connectivity index (χ0n) is 13.3. The molecule has 6 nitrogen and oxygen atoms in total. The quantitative estimate of drug-likeness (QED) is 0.886. The summed E-state index contributed by atoms with van der Waals surface area (Å²) in [6.45, 7) is 0. The zero-order valence-corrected chi connectivity index (χ0v) is 13.3. The maximum Gasteiger partial charge on any atom is 0.273 e. The molecule has 3 aliphatic rings. The Hall–Kier alpha value is -1.85. The van der Waals surface area contributed by atoms with Gasteiger partial charge in [0.1, 0.15) is 5.76 Å². The number of aryl methyl sites for hydroxylation is 1. The molecule has 1 heterocycles. The maximum atomic E-state index is 12.5. The van der Waals surface area contributed by atoms with Gasteiger partial charge < -0.3 is 15.2 Å². The second-order valence-corrected chi connectivity index (χ2v) is 7.11. The molecule has 0 aromatic carbocycles. The molecule has 1 aromatic rings. The highest BCUT2D eigenvalue weighted by atomic mass is 16.5. The van der Waals surface area contributed by atoms with E-state index in [9.17, 15) is 9.59 Å². The van der Waals surface area contributed by atoms with Crippen molar-refractivity contribution in [3.05, 3.63) is 17.0 Å². The standard InChI is InChI=1S/C17H23N3O3/c21-16(10-5-6-10)19-12-7-8-14-13(9-12)15(20-23-14)17(22)18-11-3-1-2-4-11/h10-12H,1-9H2,(H,18,22)(H,19,21). The van der Waals surface area contributed by atoms with E-state index in [2.05, 4.69) is 15.8 Å². The third kappa shape index (κ3) is 3.12. The largest absolute Gasteiger partial charge is 0.360 e. The number of fused-ring (bicyclic) bond motifs is 1. The van der Waals surface area contributed by atoms with Crippen LogP contribution in [0.2, 0.25) is 0 Å². The average Bonchev–Trinajstić information content (AvgIpc) is 3.12. The predicted molar refractivity (Wildman–Crippen MR) is 82.9 cm³/mol. The van der Waals surface area contributed by atoms with Crippen LogP contribution in [0.1, 0.15) is 66.8 Å². The summed E-state index contributed by atoms with van der Waals surface area (Å²) in [7, 11) is 0. The van der Waals surface area contributed by atoms with Crippen LogP contribution in [-0.2, 0) is 17.6 Å². The van der Waals surface area contributed by atoms with Crippen LogP contribution in [-0.4, -0.2) is 29.1 Å². The zero-order chi connectivity index (χ0) is 15.8. The molecule has 1 atom stereocenters. The van der Waals surface area contributed by atoms with Crippen molar-refractivity contribution >= 4 is 11.8 Å². The lowest BCUT2D eigenvalue weighted by atomic mass is 9.91. The molecule has 2 fully saturated rings. The second-order valence-electron chi connectivity index (χ2n) is 7.11. The van der Waals surface area contributed by atoms with Gasteiger partial charge in [-0.1, -0.05) is 18.0 Å². The van der Waals surface area contributed by atoms with Gasteiger partial charge in [-0.3, -0.25) is 9.59 Å². The van der Waals surface area contributed by atoms with Crippen LogP contribution in [0.15, 0.2) is 4.52 Å². The summed E-state index contributed by atoms with van der Waals surface area (Å²) in [5.41, 5.74) is 1.30. The van der Waals surface area contributed by atoms with Crippen molar-refractivity contribution in [3.8, 4) is 0 Å². The summed E-state index contributed by atoms with van der Waals surface area (Å²) in [6, 6.07) is 0.358. The monoisotopic (exact) mass is 317 g/mol. The SMILES string of the molecule is O=C(NC1CCCC1)c1noc2c1CC(NC(=O)C1CC1)CC2. The van der Waals surface area contributed by atoms with E-state index in [1.54, 1.807) is 0 Å². The predicted octanol–water partition coefficient (Wildman–Crippen LogP) is 1.73. The number of hydrogen-bond donors (Lipinski definition) is 2. The lowest BCUT2D eigenvalue weighted by Gasteiger charge is -2.22. The fraction of sp³-hybridized carbons (Fsp3) is 0.706. The van der Waals surface area contributed by atoms with Crippen molar-refractivity contribution in [3.63, 3.8) is 0 Å². The van der Waals surface area contributed by atoms with Crippen LogP contribution in [0.4, 0.5) is 0 Å². The Balaban J connectivity index is 1.43. The number of nitrogens with zero attached hydrogens (tertiary/aromatic N) is 1. The third-order valence-electron chi connectivity index (χ3n) is 5.24. The summed E-state index contributed by atoms with van der Waals surface area (Å²) < 4.78 is 5.36. The van der Waals surface area contributed by atoms with Gasteiger partial charge in [0.15, 0.2) is 5.69 Å². The summed E-state index contributed by atoms with van der Waals surface area (Å²) >= 11 is 0. The van der Waals surface area contributed by atoms with Gasteiger partial charge in [0, 0.05) is 30.0 Å². The van der Waals surface area contributed by atoms with Gasteiger partial charge in [-0.05, 0) is 38.5 Å². The normalized spacial score (nSPS) is 24.3. The number of carbonyl (C=O) groups is 2. The minimum Gasteiger partial charge on any atom is -0.360 e. The van der Waals surface area contributed by atoms with E-state index in [0.717, 1.165) is 49.8 Å². The minimum absolute atomic E-state index is 0.0908. The first-order valence-corrected chi connectivity index (χ1v) is 8.79. The van der Waals surface area contributed by atoms with E-state index >= 15 is 0 Å². The third-order valence-corrected chi connectivity index (χ3v) is 5.24. The molecule has 0 aliphatic heterocycles.